The van der Waals surface area contributed by atoms with Crippen LogP contribution in [0.4, 0.5) is 11.4 Å². The first-order chi connectivity index (χ1) is 12.6. The van der Waals surface area contributed by atoms with Gasteiger partial charge in [-0.1, -0.05) is 0 Å². The van der Waals surface area contributed by atoms with Crippen molar-refractivity contribution in [3.63, 3.8) is 0 Å². The summed E-state index contributed by atoms with van der Waals surface area (Å²) in [6, 6.07) is 4.65. The van der Waals surface area contributed by atoms with Crippen LogP contribution in [0, 0.1) is 17.0 Å². The molecule has 2 rings (SSSR count). The van der Waals surface area contributed by atoms with Crippen molar-refractivity contribution >= 4 is 44.7 Å². The lowest BCUT2D eigenvalue weighted by molar-refractivity contribution is -0.384. The van der Waals surface area contributed by atoms with Crippen LogP contribution in [-0.2, 0) is 19.5 Å². The minimum absolute atomic E-state index is 0.0436. The Morgan fingerprint density at radius 1 is 1.11 bits per heavy atom. The van der Waals surface area contributed by atoms with Gasteiger partial charge < -0.3 is 9.47 Å². The number of thiophene rings is 1. The number of methoxy groups -OCH3 is 2. The van der Waals surface area contributed by atoms with Crippen LogP contribution in [-0.4, -0.2) is 39.5 Å². The van der Waals surface area contributed by atoms with E-state index in [1.165, 1.54) is 19.1 Å². The van der Waals surface area contributed by atoms with Crippen LogP contribution in [0.25, 0.3) is 0 Å². The zero-order valence-electron chi connectivity index (χ0n) is 14.3. The maximum absolute atomic E-state index is 12.7. The summed E-state index contributed by atoms with van der Waals surface area (Å²) < 4.78 is 36.5. The maximum atomic E-state index is 12.7. The van der Waals surface area contributed by atoms with E-state index >= 15 is 0 Å². The number of rotatable bonds is 6. The van der Waals surface area contributed by atoms with Crippen LogP contribution in [0.15, 0.2) is 28.5 Å². The minimum Gasteiger partial charge on any atom is -0.465 e. The Balaban J connectivity index is 2.52. The van der Waals surface area contributed by atoms with Gasteiger partial charge in [0.05, 0.1) is 24.7 Å². The van der Waals surface area contributed by atoms with Crippen LogP contribution in [0.5, 0.6) is 0 Å². The number of benzene rings is 1. The molecule has 1 aromatic carbocycles. The molecular weight excluding hydrogens is 400 g/mol. The van der Waals surface area contributed by atoms with E-state index in [1.54, 1.807) is 0 Å². The van der Waals surface area contributed by atoms with Crippen molar-refractivity contribution in [2.75, 3.05) is 18.9 Å². The first-order valence-electron chi connectivity index (χ1n) is 7.19. The first kappa shape index (κ1) is 20.3. The molecule has 144 valence electrons. The van der Waals surface area contributed by atoms with Gasteiger partial charge in [0.15, 0.2) is 4.21 Å². The van der Waals surface area contributed by atoms with E-state index in [4.69, 9.17) is 0 Å². The van der Waals surface area contributed by atoms with Gasteiger partial charge in [0.25, 0.3) is 15.7 Å². The molecule has 0 unspecified atom stereocenters. The number of nitrogens with zero attached hydrogens (tertiary/aromatic N) is 1. The van der Waals surface area contributed by atoms with E-state index in [2.05, 4.69) is 14.2 Å². The smallest absolute Gasteiger partial charge is 0.348 e. The highest BCUT2D eigenvalue weighted by molar-refractivity contribution is 7.94. The number of anilines is 1. The first-order valence-corrected chi connectivity index (χ1v) is 9.49. The summed E-state index contributed by atoms with van der Waals surface area (Å²) >= 11 is 0.563. The molecule has 1 N–H and O–H groups in total. The van der Waals surface area contributed by atoms with Gasteiger partial charge in [0, 0.05) is 17.8 Å². The standard InChI is InChI=1S/C15H14N2O8S2/c1-8-11(13(18)24-2)15(26-12(8)14(19)25-3)27(22,23)16-9-4-6-10(7-5-9)17(20)21/h4-7,16H,1-3H3. The molecule has 0 saturated carbocycles. The van der Waals surface area contributed by atoms with Gasteiger partial charge >= 0.3 is 11.9 Å². The summed E-state index contributed by atoms with van der Waals surface area (Å²) in [5, 5.41) is 10.7. The van der Waals surface area contributed by atoms with Crippen molar-refractivity contribution in [1.82, 2.24) is 0 Å². The Hall–Kier alpha value is -2.99. The Kier molecular flexibility index (Phi) is 5.81. The number of hydrogen-bond acceptors (Lipinski definition) is 9. The maximum Gasteiger partial charge on any atom is 0.348 e. The zero-order valence-corrected chi connectivity index (χ0v) is 16.0. The Labute approximate surface area is 157 Å². The fourth-order valence-electron chi connectivity index (χ4n) is 2.15. The predicted molar refractivity (Wildman–Crippen MR) is 95.6 cm³/mol. The average Bonchev–Trinajstić information content (AvgIpc) is 2.98. The number of nitrogens with one attached hydrogen (secondary N) is 1. The van der Waals surface area contributed by atoms with Crippen LogP contribution in [0.2, 0.25) is 0 Å². The highest BCUT2D eigenvalue weighted by Crippen LogP contribution is 2.34. The number of hydrogen-bond donors (Lipinski definition) is 1. The Morgan fingerprint density at radius 2 is 1.67 bits per heavy atom. The molecule has 12 heteroatoms. The molecule has 2 aromatic rings. The number of sulfonamides is 1. The molecule has 10 nitrogen and oxygen atoms in total. The van der Waals surface area contributed by atoms with Crippen molar-refractivity contribution in [2.24, 2.45) is 0 Å². The summed E-state index contributed by atoms with van der Waals surface area (Å²) in [5.41, 5.74) is -0.338. The predicted octanol–water partition coefficient (Wildman–Crippen LogP) is 2.34. The van der Waals surface area contributed by atoms with Gasteiger partial charge in [-0.05, 0) is 24.6 Å². The van der Waals surface area contributed by atoms with E-state index in [0.29, 0.717) is 11.3 Å². The third-order valence-corrected chi connectivity index (χ3v) is 6.62. The molecule has 1 heterocycles. The third kappa shape index (κ3) is 4.06. The number of nitro benzene ring substituents is 1. The molecule has 0 fully saturated rings. The highest BCUT2D eigenvalue weighted by atomic mass is 32.2. The number of ether oxygens (including phenoxy) is 2. The molecule has 0 atom stereocenters. The quantitative estimate of drug-likeness (QED) is 0.431. The van der Waals surface area contributed by atoms with Crippen molar-refractivity contribution in [3.05, 3.63) is 50.4 Å². The molecule has 0 radical (unpaired) electrons. The summed E-state index contributed by atoms with van der Waals surface area (Å²) in [6.07, 6.45) is 0. The lowest BCUT2D eigenvalue weighted by Gasteiger charge is -2.08. The number of nitro groups is 1. The monoisotopic (exact) mass is 414 g/mol. The molecule has 0 aliphatic heterocycles. The minimum atomic E-state index is -4.29. The van der Waals surface area contributed by atoms with Crippen molar-refractivity contribution in [3.8, 4) is 0 Å². The summed E-state index contributed by atoms with van der Waals surface area (Å²) in [6.45, 7) is 1.40. The second-order valence-electron chi connectivity index (χ2n) is 5.11. The Morgan fingerprint density at radius 3 is 2.15 bits per heavy atom. The van der Waals surface area contributed by atoms with Gasteiger partial charge in [-0.15, -0.1) is 11.3 Å². The van der Waals surface area contributed by atoms with Gasteiger partial charge in [0.2, 0.25) is 0 Å². The van der Waals surface area contributed by atoms with E-state index in [0.717, 1.165) is 26.4 Å². The van der Waals surface area contributed by atoms with E-state index in [9.17, 15) is 28.1 Å². The molecule has 0 aliphatic rings. The number of non-ortho nitro benzene ring substituents is 1. The second kappa shape index (κ2) is 7.72. The summed E-state index contributed by atoms with van der Waals surface area (Å²) in [7, 11) is -2.08. The SMILES string of the molecule is COC(=O)c1sc(S(=O)(=O)Nc2ccc([N+](=O)[O-])cc2)c(C(=O)OC)c1C. The average molecular weight is 414 g/mol. The van der Waals surface area contributed by atoms with Crippen molar-refractivity contribution < 1.29 is 32.4 Å². The summed E-state index contributed by atoms with van der Waals surface area (Å²) in [4.78, 5) is 33.9. The fourth-order valence-corrected chi connectivity index (χ4v) is 4.96. The largest absolute Gasteiger partial charge is 0.465 e. The van der Waals surface area contributed by atoms with E-state index < -0.39 is 31.1 Å². The number of esters is 2. The molecular formula is C15H14N2O8S2. The van der Waals surface area contributed by atoms with Crippen molar-refractivity contribution in [1.29, 1.82) is 0 Å². The molecule has 0 aliphatic carbocycles. The molecule has 27 heavy (non-hydrogen) atoms. The number of carbonyl (C=O) groups is 2. The van der Waals surface area contributed by atoms with Crippen LogP contribution < -0.4 is 4.72 Å². The van der Waals surface area contributed by atoms with Crippen LogP contribution in [0.3, 0.4) is 0 Å². The zero-order chi connectivity index (χ0) is 20.4. The lowest BCUT2D eigenvalue weighted by atomic mass is 10.2. The molecule has 1 aromatic heterocycles. The lowest BCUT2D eigenvalue weighted by Crippen LogP contribution is -2.16. The molecule has 0 bridgehead atoms. The van der Waals surface area contributed by atoms with E-state index in [-0.39, 0.29) is 27.4 Å². The van der Waals surface area contributed by atoms with E-state index in [1.807, 2.05) is 0 Å². The van der Waals surface area contributed by atoms with Crippen LogP contribution in [0.1, 0.15) is 25.6 Å². The molecule has 0 saturated heterocycles. The van der Waals surface area contributed by atoms with Gasteiger partial charge in [-0.2, -0.15) is 0 Å². The molecule has 0 amide bonds. The van der Waals surface area contributed by atoms with Gasteiger partial charge in [-0.3, -0.25) is 14.8 Å². The fraction of sp³-hybridized carbons (Fsp3) is 0.200. The Bertz CT molecular complexity index is 1010. The second-order valence-corrected chi connectivity index (χ2v) is 8.01. The topological polar surface area (TPSA) is 142 Å². The van der Waals surface area contributed by atoms with Crippen molar-refractivity contribution in [2.45, 2.75) is 11.1 Å². The van der Waals surface area contributed by atoms with Crippen LogP contribution >= 0.6 is 11.3 Å². The number of carbonyl (C=O) groups excluding carboxylic acids is 2. The molecule has 0 spiro atoms. The van der Waals surface area contributed by atoms with Gasteiger partial charge in [0.1, 0.15) is 4.88 Å². The third-order valence-electron chi connectivity index (χ3n) is 3.45. The highest BCUT2D eigenvalue weighted by Gasteiger charge is 2.32. The normalized spacial score (nSPS) is 10.9. The summed E-state index contributed by atoms with van der Waals surface area (Å²) in [5.74, 6) is -1.72. The van der Waals surface area contributed by atoms with Gasteiger partial charge in [-0.25, -0.2) is 18.0 Å².